The molecule has 0 aliphatic heterocycles. The first-order chi connectivity index (χ1) is 12.9. The molecule has 3 aromatic rings. The first-order valence-electron chi connectivity index (χ1n) is 8.52. The fourth-order valence-electron chi connectivity index (χ4n) is 2.79. The lowest BCUT2D eigenvalue weighted by Gasteiger charge is -2.10. The van der Waals surface area contributed by atoms with Crippen molar-refractivity contribution >= 4 is 21.4 Å². The van der Waals surface area contributed by atoms with Gasteiger partial charge in [-0.1, -0.05) is 36.4 Å². The van der Waals surface area contributed by atoms with Gasteiger partial charge >= 0.3 is 0 Å². The fourth-order valence-corrected chi connectivity index (χ4v) is 3.70. The van der Waals surface area contributed by atoms with Gasteiger partial charge in [0.05, 0.1) is 4.90 Å². The molecule has 0 radical (unpaired) electrons. The van der Waals surface area contributed by atoms with E-state index in [1.54, 1.807) is 60.9 Å². The summed E-state index contributed by atoms with van der Waals surface area (Å²) in [6.07, 6.45) is 5.64. The Morgan fingerprint density at radius 1 is 1.00 bits per heavy atom. The quantitative estimate of drug-likeness (QED) is 0.707. The summed E-state index contributed by atoms with van der Waals surface area (Å²) in [6, 6.07) is 17.8. The Morgan fingerprint density at radius 3 is 2.41 bits per heavy atom. The minimum atomic E-state index is -3.32. The maximum atomic E-state index is 12.1. The maximum absolute atomic E-state index is 12.1. The van der Waals surface area contributed by atoms with Crippen molar-refractivity contribution in [2.75, 3.05) is 11.6 Å². The van der Waals surface area contributed by atoms with Crippen molar-refractivity contribution in [2.45, 2.75) is 17.7 Å². The largest absolute Gasteiger partial charge is 0.326 e. The third-order valence-electron chi connectivity index (χ3n) is 4.13. The summed E-state index contributed by atoms with van der Waals surface area (Å²) in [5, 5.41) is 2.86. The standard InChI is InChI=1S/C21H20N2O3S/c1-27(25,26)20-7-3-2-6-19(20)17-9-11-18(12-10-17)23-21(24)13-8-16-5-4-14-22-15-16/h2-7,9-12,14-15H,8,13H2,1H3,(H,23,24). The number of aryl methyl sites for hydroxylation is 1. The Hall–Kier alpha value is -2.99. The van der Waals surface area contributed by atoms with Gasteiger partial charge in [-0.15, -0.1) is 0 Å². The Labute approximate surface area is 159 Å². The minimum absolute atomic E-state index is 0.0804. The van der Waals surface area contributed by atoms with Crippen LogP contribution in [0.2, 0.25) is 0 Å². The van der Waals surface area contributed by atoms with Gasteiger partial charge in [0, 0.05) is 36.3 Å². The monoisotopic (exact) mass is 380 g/mol. The van der Waals surface area contributed by atoms with Crippen LogP contribution >= 0.6 is 0 Å². The minimum Gasteiger partial charge on any atom is -0.326 e. The van der Waals surface area contributed by atoms with E-state index in [1.165, 1.54) is 6.26 Å². The molecule has 1 amide bonds. The third kappa shape index (κ3) is 5.01. The molecule has 27 heavy (non-hydrogen) atoms. The molecule has 0 unspecified atom stereocenters. The van der Waals surface area contributed by atoms with E-state index in [2.05, 4.69) is 10.3 Å². The van der Waals surface area contributed by atoms with Crippen LogP contribution in [0.15, 0.2) is 78.0 Å². The number of hydrogen-bond acceptors (Lipinski definition) is 4. The first kappa shape index (κ1) is 18.8. The molecule has 2 aromatic carbocycles. The van der Waals surface area contributed by atoms with E-state index in [-0.39, 0.29) is 5.91 Å². The average Bonchev–Trinajstić information content (AvgIpc) is 2.67. The second-order valence-electron chi connectivity index (χ2n) is 6.26. The molecule has 1 heterocycles. The highest BCUT2D eigenvalue weighted by atomic mass is 32.2. The van der Waals surface area contributed by atoms with E-state index in [4.69, 9.17) is 0 Å². The number of aromatic nitrogens is 1. The summed E-state index contributed by atoms with van der Waals surface area (Å²) >= 11 is 0. The maximum Gasteiger partial charge on any atom is 0.224 e. The predicted molar refractivity (Wildman–Crippen MR) is 106 cm³/mol. The topological polar surface area (TPSA) is 76.1 Å². The van der Waals surface area contributed by atoms with Gasteiger partial charge in [-0.05, 0) is 41.8 Å². The lowest BCUT2D eigenvalue weighted by Crippen LogP contribution is -2.12. The number of nitrogens with one attached hydrogen (secondary N) is 1. The van der Waals surface area contributed by atoms with E-state index in [0.29, 0.717) is 29.0 Å². The highest BCUT2D eigenvalue weighted by Crippen LogP contribution is 2.28. The van der Waals surface area contributed by atoms with Crippen molar-refractivity contribution in [3.8, 4) is 11.1 Å². The van der Waals surface area contributed by atoms with Crippen LogP contribution in [0.4, 0.5) is 5.69 Å². The van der Waals surface area contributed by atoms with Crippen LogP contribution in [0.5, 0.6) is 0 Å². The fraction of sp³-hybridized carbons (Fsp3) is 0.143. The Morgan fingerprint density at radius 2 is 1.74 bits per heavy atom. The predicted octanol–water partition coefficient (Wildman–Crippen LogP) is 3.72. The van der Waals surface area contributed by atoms with Crippen LogP contribution in [-0.2, 0) is 21.1 Å². The molecule has 0 aliphatic carbocycles. The van der Waals surface area contributed by atoms with E-state index in [1.807, 2.05) is 12.1 Å². The summed E-state index contributed by atoms with van der Waals surface area (Å²) in [6.45, 7) is 0. The molecule has 0 saturated carbocycles. The van der Waals surface area contributed by atoms with Gasteiger partial charge in [0.1, 0.15) is 0 Å². The number of pyridine rings is 1. The van der Waals surface area contributed by atoms with Gasteiger partial charge < -0.3 is 5.32 Å². The van der Waals surface area contributed by atoms with E-state index in [9.17, 15) is 13.2 Å². The molecule has 6 heteroatoms. The third-order valence-corrected chi connectivity index (χ3v) is 5.28. The van der Waals surface area contributed by atoms with Crippen molar-refractivity contribution in [2.24, 2.45) is 0 Å². The smallest absolute Gasteiger partial charge is 0.224 e. The summed E-state index contributed by atoms with van der Waals surface area (Å²) < 4.78 is 23.9. The summed E-state index contributed by atoms with van der Waals surface area (Å²) in [4.78, 5) is 16.4. The molecular weight excluding hydrogens is 360 g/mol. The number of sulfone groups is 1. The molecule has 0 saturated heterocycles. The van der Waals surface area contributed by atoms with Crippen molar-refractivity contribution in [1.29, 1.82) is 0 Å². The number of rotatable bonds is 6. The molecule has 0 spiro atoms. The summed E-state index contributed by atoms with van der Waals surface area (Å²) in [7, 11) is -3.32. The Bertz CT molecular complexity index is 1030. The number of hydrogen-bond donors (Lipinski definition) is 1. The molecule has 3 rings (SSSR count). The molecule has 0 fully saturated rings. The highest BCUT2D eigenvalue weighted by molar-refractivity contribution is 7.90. The Balaban J connectivity index is 1.68. The highest BCUT2D eigenvalue weighted by Gasteiger charge is 2.13. The van der Waals surface area contributed by atoms with Crippen LogP contribution in [0.25, 0.3) is 11.1 Å². The van der Waals surface area contributed by atoms with Gasteiger partial charge in [0.15, 0.2) is 9.84 Å². The van der Waals surface area contributed by atoms with Crippen molar-refractivity contribution < 1.29 is 13.2 Å². The second-order valence-corrected chi connectivity index (χ2v) is 8.24. The van der Waals surface area contributed by atoms with Crippen molar-refractivity contribution in [1.82, 2.24) is 4.98 Å². The van der Waals surface area contributed by atoms with Gasteiger partial charge in [-0.2, -0.15) is 0 Å². The number of carbonyl (C=O) groups excluding carboxylic acids is 1. The average molecular weight is 380 g/mol. The zero-order valence-corrected chi connectivity index (χ0v) is 15.7. The number of carbonyl (C=O) groups is 1. The summed E-state index contributed by atoms with van der Waals surface area (Å²) in [5.74, 6) is -0.0804. The zero-order valence-electron chi connectivity index (χ0n) is 14.9. The Kier molecular flexibility index (Phi) is 5.66. The van der Waals surface area contributed by atoms with Crippen LogP contribution < -0.4 is 5.32 Å². The first-order valence-corrected chi connectivity index (χ1v) is 10.4. The molecule has 0 aliphatic rings. The SMILES string of the molecule is CS(=O)(=O)c1ccccc1-c1ccc(NC(=O)CCc2cccnc2)cc1. The lowest BCUT2D eigenvalue weighted by atomic mass is 10.1. The zero-order chi connectivity index (χ0) is 19.3. The van der Waals surface area contributed by atoms with Gasteiger partial charge in [-0.3, -0.25) is 9.78 Å². The van der Waals surface area contributed by atoms with Crippen molar-refractivity contribution in [3.63, 3.8) is 0 Å². The van der Waals surface area contributed by atoms with E-state index in [0.717, 1.165) is 11.1 Å². The van der Waals surface area contributed by atoms with Crippen LogP contribution in [-0.4, -0.2) is 25.6 Å². The molecule has 1 N–H and O–H groups in total. The van der Waals surface area contributed by atoms with Crippen LogP contribution in [0.3, 0.4) is 0 Å². The molecule has 138 valence electrons. The molecular formula is C21H20N2O3S. The van der Waals surface area contributed by atoms with E-state index < -0.39 is 9.84 Å². The number of anilines is 1. The van der Waals surface area contributed by atoms with Crippen LogP contribution in [0, 0.1) is 0 Å². The number of nitrogens with zero attached hydrogens (tertiary/aromatic N) is 1. The molecule has 1 aromatic heterocycles. The van der Waals surface area contributed by atoms with Gasteiger partial charge in [0.2, 0.25) is 5.91 Å². The normalized spacial score (nSPS) is 11.1. The van der Waals surface area contributed by atoms with E-state index >= 15 is 0 Å². The van der Waals surface area contributed by atoms with Gasteiger partial charge in [-0.25, -0.2) is 8.42 Å². The second kappa shape index (κ2) is 8.14. The molecule has 5 nitrogen and oxygen atoms in total. The van der Waals surface area contributed by atoms with Crippen molar-refractivity contribution in [3.05, 3.63) is 78.6 Å². The number of amides is 1. The lowest BCUT2D eigenvalue weighted by molar-refractivity contribution is -0.116. The van der Waals surface area contributed by atoms with Crippen LogP contribution in [0.1, 0.15) is 12.0 Å². The molecule has 0 atom stereocenters. The van der Waals surface area contributed by atoms with Gasteiger partial charge in [0.25, 0.3) is 0 Å². The summed E-state index contributed by atoms with van der Waals surface area (Å²) in [5.41, 5.74) is 3.12. The number of benzene rings is 2. The molecule has 0 bridgehead atoms.